The molecule has 0 radical (unpaired) electrons. The molecule has 1 N–H and O–H groups in total. The van der Waals surface area contributed by atoms with Crippen LogP contribution in [0.1, 0.15) is 5.56 Å². The Hall–Kier alpha value is -1.30. The van der Waals surface area contributed by atoms with E-state index >= 15 is 0 Å². The van der Waals surface area contributed by atoms with Crippen LogP contribution in [0.15, 0.2) is 6.20 Å². The minimum absolute atomic E-state index is 0.171. The van der Waals surface area contributed by atoms with Crippen molar-refractivity contribution in [2.24, 2.45) is 0 Å². The molecule has 0 aliphatic rings. The summed E-state index contributed by atoms with van der Waals surface area (Å²) in [5.41, 5.74) is 0.171. The number of halogens is 1. The van der Waals surface area contributed by atoms with Gasteiger partial charge in [0.1, 0.15) is 0 Å². The maximum atomic E-state index is 12.1. The van der Waals surface area contributed by atoms with Crippen LogP contribution < -0.4 is 0 Å². The van der Waals surface area contributed by atoms with Crippen LogP contribution in [-0.2, 0) is 0 Å². The number of hydrogen-bond donors (Lipinski definition) is 1. The van der Waals surface area contributed by atoms with E-state index in [-0.39, 0.29) is 5.56 Å². The molecule has 0 bridgehead atoms. The van der Waals surface area contributed by atoms with E-state index in [9.17, 15) is 4.39 Å². The molecule has 1 rings (SSSR count). The van der Waals surface area contributed by atoms with Gasteiger partial charge in [-0.15, -0.1) is 6.42 Å². The van der Waals surface area contributed by atoms with Crippen molar-refractivity contribution in [3.63, 3.8) is 0 Å². The Morgan fingerprint density at radius 2 is 2.62 bits per heavy atom. The van der Waals surface area contributed by atoms with E-state index in [2.05, 4.69) is 16.1 Å². The SMILES string of the molecule is C#Cc1cn[nH]c1F. The highest BCUT2D eigenvalue weighted by Gasteiger charge is 1.96. The van der Waals surface area contributed by atoms with Gasteiger partial charge in [-0.2, -0.15) is 9.49 Å². The molecule has 40 valence electrons. The summed E-state index contributed by atoms with van der Waals surface area (Å²) in [4.78, 5) is 0. The predicted octanol–water partition coefficient (Wildman–Crippen LogP) is 0.530. The first-order chi connectivity index (χ1) is 3.84. The Kier molecular flexibility index (Phi) is 1.01. The molecule has 0 spiro atoms. The molecule has 0 saturated carbocycles. The van der Waals surface area contributed by atoms with E-state index in [4.69, 9.17) is 6.42 Å². The number of nitrogens with zero attached hydrogens (tertiary/aromatic N) is 1. The quantitative estimate of drug-likeness (QED) is 0.485. The standard InChI is InChI=1S/C5H3FN2/c1-2-4-3-7-8-5(4)6/h1,3H,(H,7,8). The molecule has 8 heavy (non-hydrogen) atoms. The topological polar surface area (TPSA) is 28.7 Å². The highest BCUT2D eigenvalue weighted by molar-refractivity contribution is 5.26. The van der Waals surface area contributed by atoms with E-state index in [0.29, 0.717) is 0 Å². The normalized spacial score (nSPS) is 8.50. The lowest BCUT2D eigenvalue weighted by atomic mass is 10.4. The average Bonchev–Trinajstić information content (AvgIpc) is 2.14. The van der Waals surface area contributed by atoms with Crippen LogP contribution in [0.3, 0.4) is 0 Å². The van der Waals surface area contributed by atoms with Gasteiger partial charge < -0.3 is 0 Å². The van der Waals surface area contributed by atoms with Gasteiger partial charge in [0.25, 0.3) is 0 Å². The number of terminal acetylenes is 1. The fourth-order valence-corrected chi connectivity index (χ4v) is 0.371. The van der Waals surface area contributed by atoms with Crippen molar-refractivity contribution in [2.75, 3.05) is 0 Å². The van der Waals surface area contributed by atoms with Gasteiger partial charge in [-0.25, -0.2) is 0 Å². The first kappa shape index (κ1) is 4.85. The van der Waals surface area contributed by atoms with Crippen LogP contribution in [0, 0.1) is 18.3 Å². The van der Waals surface area contributed by atoms with Gasteiger partial charge in [0.05, 0.1) is 11.8 Å². The van der Waals surface area contributed by atoms with Crippen molar-refractivity contribution in [3.8, 4) is 12.3 Å². The molecule has 0 aliphatic carbocycles. The zero-order valence-corrected chi connectivity index (χ0v) is 3.98. The molecule has 0 atom stereocenters. The highest BCUT2D eigenvalue weighted by Crippen LogP contribution is 1.96. The Morgan fingerprint density at radius 1 is 1.88 bits per heavy atom. The summed E-state index contributed by atoms with van der Waals surface area (Å²) in [6, 6.07) is 0. The van der Waals surface area contributed by atoms with Gasteiger partial charge >= 0.3 is 0 Å². The molecule has 0 fully saturated rings. The molecule has 0 aromatic carbocycles. The molecule has 0 amide bonds. The molecule has 1 aromatic rings. The summed E-state index contributed by atoms with van der Waals surface area (Å²) in [5.74, 6) is 1.56. The minimum Gasteiger partial charge on any atom is -0.252 e. The third-order valence-corrected chi connectivity index (χ3v) is 0.748. The number of nitrogens with one attached hydrogen (secondary N) is 1. The Morgan fingerprint density at radius 3 is 2.88 bits per heavy atom. The first-order valence-corrected chi connectivity index (χ1v) is 2.00. The molecule has 1 heterocycles. The van der Waals surface area contributed by atoms with Gasteiger partial charge in [-0.05, 0) is 0 Å². The van der Waals surface area contributed by atoms with Gasteiger partial charge in [-0.1, -0.05) is 5.92 Å². The maximum absolute atomic E-state index is 12.1. The number of H-pyrrole nitrogens is 1. The second-order valence-electron chi connectivity index (χ2n) is 1.24. The van der Waals surface area contributed by atoms with Crippen LogP contribution in [0.4, 0.5) is 4.39 Å². The zero-order valence-electron chi connectivity index (χ0n) is 3.98. The summed E-state index contributed by atoms with van der Waals surface area (Å²) < 4.78 is 12.1. The Bertz CT molecular complexity index is 221. The molecule has 1 aromatic heterocycles. The third-order valence-electron chi connectivity index (χ3n) is 0.748. The highest BCUT2D eigenvalue weighted by atomic mass is 19.1. The second-order valence-corrected chi connectivity index (χ2v) is 1.24. The molecule has 3 heteroatoms. The number of hydrogen-bond acceptors (Lipinski definition) is 1. The summed E-state index contributed by atoms with van der Waals surface area (Å²) in [7, 11) is 0. The van der Waals surface area contributed by atoms with Gasteiger partial charge in [0, 0.05) is 0 Å². The van der Waals surface area contributed by atoms with E-state index < -0.39 is 5.95 Å². The van der Waals surface area contributed by atoms with Crippen molar-refractivity contribution in [2.45, 2.75) is 0 Å². The van der Waals surface area contributed by atoms with E-state index in [1.165, 1.54) is 6.20 Å². The molecular formula is C5H3FN2. The van der Waals surface area contributed by atoms with E-state index in [1.807, 2.05) is 0 Å². The average molecular weight is 110 g/mol. The van der Waals surface area contributed by atoms with Crippen LogP contribution in [-0.4, -0.2) is 10.2 Å². The molecule has 0 aliphatic heterocycles. The van der Waals surface area contributed by atoms with Crippen LogP contribution >= 0.6 is 0 Å². The van der Waals surface area contributed by atoms with Crippen molar-refractivity contribution in [3.05, 3.63) is 17.7 Å². The molecule has 0 unspecified atom stereocenters. The Balaban J connectivity index is 3.15. The van der Waals surface area contributed by atoms with Gasteiger partial charge in [-0.3, -0.25) is 5.10 Å². The zero-order chi connectivity index (χ0) is 5.98. The second kappa shape index (κ2) is 1.66. The van der Waals surface area contributed by atoms with Crippen LogP contribution in [0.5, 0.6) is 0 Å². The first-order valence-electron chi connectivity index (χ1n) is 2.00. The number of aromatic amines is 1. The summed E-state index contributed by atoms with van der Waals surface area (Å²) in [6.07, 6.45) is 6.10. The summed E-state index contributed by atoms with van der Waals surface area (Å²) >= 11 is 0. The monoisotopic (exact) mass is 110 g/mol. The molecular weight excluding hydrogens is 107 g/mol. The van der Waals surface area contributed by atoms with Gasteiger partial charge in [0.15, 0.2) is 0 Å². The number of rotatable bonds is 0. The van der Waals surface area contributed by atoms with Crippen molar-refractivity contribution >= 4 is 0 Å². The minimum atomic E-state index is -0.549. The van der Waals surface area contributed by atoms with Crippen molar-refractivity contribution in [1.82, 2.24) is 10.2 Å². The fourth-order valence-electron chi connectivity index (χ4n) is 0.371. The van der Waals surface area contributed by atoms with Crippen LogP contribution in [0.2, 0.25) is 0 Å². The van der Waals surface area contributed by atoms with Crippen molar-refractivity contribution in [1.29, 1.82) is 0 Å². The Labute approximate surface area is 45.7 Å². The van der Waals surface area contributed by atoms with E-state index in [0.717, 1.165) is 0 Å². The lowest BCUT2D eigenvalue weighted by Gasteiger charge is -1.73. The lowest BCUT2D eigenvalue weighted by Crippen LogP contribution is -1.74. The fraction of sp³-hybridized carbons (Fsp3) is 0. The summed E-state index contributed by atoms with van der Waals surface area (Å²) in [6.45, 7) is 0. The third kappa shape index (κ3) is 0.562. The van der Waals surface area contributed by atoms with Gasteiger partial charge in [0.2, 0.25) is 5.95 Å². The molecule has 2 nitrogen and oxygen atoms in total. The molecule has 0 saturated heterocycles. The predicted molar refractivity (Wildman–Crippen MR) is 26.5 cm³/mol. The smallest absolute Gasteiger partial charge is 0.224 e. The number of aromatic nitrogens is 2. The lowest BCUT2D eigenvalue weighted by molar-refractivity contribution is 0.576. The summed E-state index contributed by atoms with van der Waals surface area (Å²) in [5, 5.41) is 5.41. The van der Waals surface area contributed by atoms with Crippen LogP contribution in [0.25, 0.3) is 0 Å². The largest absolute Gasteiger partial charge is 0.252 e. The van der Waals surface area contributed by atoms with Crippen molar-refractivity contribution < 1.29 is 4.39 Å². The maximum Gasteiger partial charge on any atom is 0.224 e. The van der Waals surface area contributed by atoms with E-state index in [1.54, 1.807) is 0 Å².